The molecule has 0 bridgehead atoms. The Morgan fingerprint density at radius 2 is 2.47 bits per heavy atom. The van der Waals surface area contributed by atoms with Crippen molar-refractivity contribution < 1.29 is 9.26 Å². The lowest BCUT2D eigenvalue weighted by Gasteiger charge is -2.38. The first-order valence-electron chi connectivity index (χ1n) is 5.46. The normalized spacial score (nSPS) is 17.9. The monoisotopic (exact) mass is 251 g/mol. The number of ether oxygens (including phenoxy) is 1. The van der Waals surface area contributed by atoms with Crippen LogP contribution in [0.2, 0.25) is 0 Å². The third kappa shape index (κ3) is 2.24. The number of nitrogens with one attached hydrogen (secondary N) is 1. The number of hydrogen-bond acceptors (Lipinski definition) is 6. The van der Waals surface area contributed by atoms with Crippen molar-refractivity contribution in [2.75, 3.05) is 13.1 Å². The van der Waals surface area contributed by atoms with Crippen LogP contribution in [0.1, 0.15) is 12.8 Å². The zero-order valence-corrected chi connectivity index (χ0v) is 10.3. The van der Waals surface area contributed by atoms with Crippen molar-refractivity contribution in [1.29, 1.82) is 0 Å². The van der Waals surface area contributed by atoms with Gasteiger partial charge in [-0.2, -0.15) is 4.98 Å². The fourth-order valence-corrected chi connectivity index (χ4v) is 2.28. The lowest BCUT2D eigenvalue weighted by Crippen LogP contribution is -2.58. The van der Waals surface area contributed by atoms with E-state index in [9.17, 15) is 0 Å². The summed E-state index contributed by atoms with van der Waals surface area (Å²) in [5, 5.41) is 9.10. The maximum Gasteiger partial charge on any atom is 0.253 e. The van der Waals surface area contributed by atoms with E-state index in [1.54, 1.807) is 11.3 Å². The summed E-state index contributed by atoms with van der Waals surface area (Å²) in [7, 11) is 0. The number of rotatable bonds is 4. The Kier molecular flexibility index (Phi) is 2.70. The smallest absolute Gasteiger partial charge is 0.253 e. The van der Waals surface area contributed by atoms with E-state index in [1.807, 2.05) is 17.5 Å². The molecule has 1 N–H and O–H groups in total. The fourth-order valence-electron chi connectivity index (χ4n) is 1.63. The Hall–Kier alpha value is -1.24. The molecule has 90 valence electrons. The molecule has 0 atom stereocenters. The molecule has 0 radical (unpaired) electrons. The molecule has 2 aromatic rings. The van der Waals surface area contributed by atoms with Gasteiger partial charge in [0.15, 0.2) is 0 Å². The highest BCUT2D eigenvalue weighted by Gasteiger charge is 2.33. The topological polar surface area (TPSA) is 60.2 Å². The van der Waals surface area contributed by atoms with Gasteiger partial charge in [-0.15, -0.1) is 11.3 Å². The molecule has 0 spiro atoms. The van der Waals surface area contributed by atoms with Crippen molar-refractivity contribution in [2.24, 2.45) is 0 Å². The van der Waals surface area contributed by atoms with Gasteiger partial charge in [0.05, 0.1) is 10.5 Å². The lowest BCUT2D eigenvalue weighted by molar-refractivity contribution is -0.0841. The third-order valence-electron chi connectivity index (χ3n) is 2.75. The van der Waals surface area contributed by atoms with Crippen LogP contribution in [0.3, 0.4) is 0 Å². The van der Waals surface area contributed by atoms with Gasteiger partial charge in [-0.3, -0.25) is 0 Å². The molecule has 6 heteroatoms. The lowest BCUT2D eigenvalue weighted by atomic mass is 10.0. The third-order valence-corrected chi connectivity index (χ3v) is 3.62. The second-order valence-corrected chi connectivity index (χ2v) is 5.28. The number of thiophene rings is 1. The van der Waals surface area contributed by atoms with Crippen molar-refractivity contribution >= 4 is 11.3 Å². The average Bonchev–Trinajstić information content (AvgIpc) is 2.93. The van der Waals surface area contributed by atoms with Crippen molar-refractivity contribution in [1.82, 2.24) is 15.5 Å². The van der Waals surface area contributed by atoms with Crippen molar-refractivity contribution in [3.8, 4) is 10.7 Å². The Balaban J connectivity index is 1.65. The predicted molar refractivity (Wildman–Crippen MR) is 63.7 cm³/mol. The minimum atomic E-state index is -0.0857. The van der Waals surface area contributed by atoms with E-state index in [-0.39, 0.29) is 5.60 Å². The molecule has 17 heavy (non-hydrogen) atoms. The number of hydrogen-bond donors (Lipinski definition) is 1. The molecule has 5 nitrogen and oxygen atoms in total. The first-order valence-corrected chi connectivity index (χ1v) is 6.34. The largest absolute Gasteiger partial charge is 0.363 e. The summed E-state index contributed by atoms with van der Waals surface area (Å²) in [6.45, 7) is 4.19. The van der Waals surface area contributed by atoms with Crippen LogP contribution < -0.4 is 5.32 Å². The van der Waals surface area contributed by atoms with Crippen LogP contribution in [0.5, 0.6) is 0 Å². The molecule has 1 aliphatic heterocycles. The van der Waals surface area contributed by atoms with Gasteiger partial charge in [0.1, 0.15) is 6.61 Å². The summed E-state index contributed by atoms with van der Waals surface area (Å²) >= 11 is 1.59. The van der Waals surface area contributed by atoms with Gasteiger partial charge in [0.25, 0.3) is 5.89 Å². The molecule has 1 aliphatic rings. The quantitative estimate of drug-likeness (QED) is 0.895. The molecule has 1 fully saturated rings. The predicted octanol–water partition coefficient (Wildman–Crippen LogP) is 1.68. The van der Waals surface area contributed by atoms with Crippen LogP contribution in [0, 0.1) is 0 Å². The van der Waals surface area contributed by atoms with Crippen molar-refractivity contribution in [3.63, 3.8) is 0 Å². The number of aromatic nitrogens is 2. The van der Waals surface area contributed by atoms with Crippen molar-refractivity contribution in [2.45, 2.75) is 19.1 Å². The molecule has 0 saturated carbocycles. The molecule has 0 unspecified atom stereocenters. The summed E-state index contributed by atoms with van der Waals surface area (Å²) in [5.41, 5.74) is -0.0857. The van der Waals surface area contributed by atoms with Gasteiger partial charge < -0.3 is 14.6 Å². The van der Waals surface area contributed by atoms with Crippen LogP contribution in [-0.4, -0.2) is 28.8 Å². The molecular formula is C11H13N3O2S. The van der Waals surface area contributed by atoms with Crippen LogP contribution in [0.4, 0.5) is 0 Å². The highest BCUT2D eigenvalue weighted by atomic mass is 32.1. The summed E-state index contributed by atoms with van der Waals surface area (Å²) in [6.07, 6.45) is 0. The maximum atomic E-state index is 5.73. The summed E-state index contributed by atoms with van der Waals surface area (Å²) in [4.78, 5) is 5.31. The van der Waals surface area contributed by atoms with E-state index in [0.29, 0.717) is 18.3 Å². The van der Waals surface area contributed by atoms with Crippen LogP contribution in [0.15, 0.2) is 22.0 Å². The van der Waals surface area contributed by atoms with Gasteiger partial charge in [0.2, 0.25) is 5.82 Å². The van der Waals surface area contributed by atoms with E-state index >= 15 is 0 Å². The van der Waals surface area contributed by atoms with Crippen LogP contribution >= 0.6 is 11.3 Å². The van der Waals surface area contributed by atoms with E-state index < -0.39 is 0 Å². The highest BCUT2D eigenvalue weighted by molar-refractivity contribution is 7.13. The molecule has 0 aromatic carbocycles. The minimum Gasteiger partial charge on any atom is -0.363 e. The van der Waals surface area contributed by atoms with E-state index in [1.165, 1.54) is 0 Å². The zero-order valence-electron chi connectivity index (χ0n) is 9.47. The van der Waals surface area contributed by atoms with E-state index in [4.69, 9.17) is 9.26 Å². The Bertz CT molecular complexity index is 491. The van der Waals surface area contributed by atoms with Gasteiger partial charge in [0, 0.05) is 13.1 Å². The highest BCUT2D eigenvalue weighted by Crippen LogP contribution is 2.22. The molecule has 0 aliphatic carbocycles. The standard InChI is InChI=1S/C11H13N3O2S/c1-11(6-12-7-11)15-5-9-13-10(14-16-9)8-3-2-4-17-8/h2-4,12H,5-7H2,1H3. The summed E-state index contributed by atoms with van der Waals surface area (Å²) < 4.78 is 10.9. The second-order valence-electron chi connectivity index (χ2n) is 4.33. The second kappa shape index (κ2) is 4.21. The van der Waals surface area contributed by atoms with Gasteiger partial charge in [-0.05, 0) is 18.4 Å². The SMILES string of the molecule is CC1(OCc2nc(-c3cccs3)no2)CNC1. The molecular weight excluding hydrogens is 238 g/mol. The van der Waals surface area contributed by atoms with Crippen molar-refractivity contribution in [3.05, 3.63) is 23.4 Å². The van der Waals surface area contributed by atoms with Gasteiger partial charge >= 0.3 is 0 Å². The molecule has 3 rings (SSSR count). The summed E-state index contributed by atoms with van der Waals surface area (Å²) in [6, 6.07) is 3.94. The first-order chi connectivity index (χ1) is 8.25. The molecule has 1 saturated heterocycles. The average molecular weight is 251 g/mol. The van der Waals surface area contributed by atoms with Crippen LogP contribution in [0.25, 0.3) is 10.7 Å². The van der Waals surface area contributed by atoms with E-state index in [2.05, 4.69) is 22.4 Å². The van der Waals surface area contributed by atoms with Crippen LogP contribution in [-0.2, 0) is 11.3 Å². The Morgan fingerprint density at radius 1 is 1.59 bits per heavy atom. The van der Waals surface area contributed by atoms with E-state index in [0.717, 1.165) is 18.0 Å². The fraction of sp³-hybridized carbons (Fsp3) is 0.455. The maximum absolute atomic E-state index is 5.73. The Labute approximate surface area is 103 Å². The van der Waals surface area contributed by atoms with Gasteiger partial charge in [-0.1, -0.05) is 11.2 Å². The molecule has 2 aromatic heterocycles. The molecule has 0 amide bonds. The summed E-state index contributed by atoms with van der Waals surface area (Å²) in [5.74, 6) is 1.16. The minimum absolute atomic E-state index is 0.0857. The Morgan fingerprint density at radius 3 is 3.12 bits per heavy atom. The first kappa shape index (κ1) is 10.9. The zero-order chi connectivity index (χ0) is 11.7. The number of nitrogens with zero attached hydrogens (tertiary/aromatic N) is 2. The molecule has 3 heterocycles. The van der Waals surface area contributed by atoms with Gasteiger partial charge in [-0.25, -0.2) is 0 Å².